The molecule has 0 saturated carbocycles. The summed E-state index contributed by atoms with van der Waals surface area (Å²) in [5.41, 5.74) is 0.397. The third-order valence-corrected chi connectivity index (χ3v) is 2.49. The number of benzene rings is 1. The minimum absolute atomic E-state index is 0.225. The smallest absolute Gasteiger partial charge is 0.255 e. The summed E-state index contributed by atoms with van der Waals surface area (Å²) in [7, 11) is 1.60. The highest BCUT2D eigenvalue weighted by molar-refractivity contribution is 9.10. The molecule has 1 aromatic carbocycles. The van der Waals surface area contributed by atoms with E-state index in [0.717, 1.165) is 0 Å². The van der Waals surface area contributed by atoms with Crippen molar-refractivity contribution in [2.45, 2.75) is 0 Å². The monoisotopic (exact) mass is 269 g/mol. The summed E-state index contributed by atoms with van der Waals surface area (Å²) in [5, 5.41) is 0. The van der Waals surface area contributed by atoms with E-state index in [1.807, 2.05) is 0 Å². The molecule has 1 amide bonds. The molecule has 0 saturated heterocycles. The number of rotatable bonds is 2. The highest BCUT2D eigenvalue weighted by atomic mass is 79.9. The lowest BCUT2D eigenvalue weighted by Crippen LogP contribution is -2.27. The largest absolute Gasteiger partial charge is 0.331 e. The molecule has 0 aliphatic carbocycles. The molecule has 15 heavy (non-hydrogen) atoms. The Hall–Kier alpha value is -1.34. The third kappa shape index (κ3) is 2.80. The first-order chi connectivity index (χ1) is 7.06. The van der Waals surface area contributed by atoms with Gasteiger partial charge in [-0.2, -0.15) is 0 Å². The Bertz CT molecular complexity index is 425. The van der Waals surface area contributed by atoms with Crippen LogP contribution in [-0.4, -0.2) is 24.4 Å². The van der Waals surface area contributed by atoms with E-state index in [9.17, 15) is 9.18 Å². The molecule has 1 aromatic rings. The predicted molar refractivity (Wildman–Crippen MR) is 59.9 cm³/mol. The number of hydrogen-bond acceptors (Lipinski definition) is 1. The second-order valence-corrected chi connectivity index (χ2v) is 3.84. The maximum Gasteiger partial charge on any atom is 0.255 e. The lowest BCUT2D eigenvalue weighted by atomic mass is 10.2. The van der Waals surface area contributed by atoms with Crippen LogP contribution in [0.5, 0.6) is 0 Å². The van der Waals surface area contributed by atoms with Gasteiger partial charge in [-0.3, -0.25) is 4.79 Å². The minimum Gasteiger partial charge on any atom is -0.331 e. The number of carbonyl (C=O) groups excluding carboxylic acids is 1. The van der Waals surface area contributed by atoms with E-state index in [2.05, 4.69) is 21.9 Å². The van der Waals surface area contributed by atoms with E-state index in [0.29, 0.717) is 10.0 Å². The number of amides is 1. The molecule has 0 atom stereocenters. The SMILES string of the molecule is C#CCN(C)C(=O)c1ccc(F)cc1Br. The Balaban J connectivity index is 2.97. The normalized spacial score (nSPS) is 9.47. The molecule has 0 radical (unpaired) electrons. The van der Waals surface area contributed by atoms with Gasteiger partial charge < -0.3 is 4.90 Å². The van der Waals surface area contributed by atoms with Gasteiger partial charge in [0.2, 0.25) is 0 Å². The second kappa shape index (κ2) is 4.94. The van der Waals surface area contributed by atoms with Crippen molar-refractivity contribution in [3.8, 4) is 12.3 Å². The van der Waals surface area contributed by atoms with Crippen LogP contribution >= 0.6 is 15.9 Å². The van der Waals surface area contributed by atoms with Crippen molar-refractivity contribution in [1.29, 1.82) is 0 Å². The van der Waals surface area contributed by atoms with Gasteiger partial charge in [0.05, 0.1) is 12.1 Å². The van der Waals surface area contributed by atoms with E-state index in [1.54, 1.807) is 7.05 Å². The fraction of sp³-hybridized carbons (Fsp3) is 0.182. The van der Waals surface area contributed by atoms with Gasteiger partial charge in [0.25, 0.3) is 5.91 Å². The average molecular weight is 270 g/mol. The van der Waals surface area contributed by atoms with Crippen molar-refractivity contribution >= 4 is 21.8 Å². The molecule has 0 aliphatic rings. The molecule has 2 nitrogen and oxygen atoms in total. The summed E-state index contributed by atoms with van der Waals surface area (Å²) in [6, 6.07) is 3.91. The lowest BCUT2D eigenvalue weighted by molar-refractivity contribution is 0.0811. The van der Waals surface area contributed by atoms with Crippen LogP contribution in [0.25, 0.3) is 0 Å². The van der Waals surface area contributed by atoms with Gasteiger partial charge in [0, 0.05) is 11.5 Å². The first kappa shape index (κ1) is 11.7. The zero-order valence-corrected chi connectivity index (χ0v) is 9.71. The number of terminal acetylenes is 1. The van der Waals surface area contributed by atoms with E-state index < -0.39 is 5.82 Å². The first-order valence-corrected chi connectivity index (χ1v) is 4.99. The van der Waals surface area contributed by atoms with Gasteiger partial charge in [-0.05, 0) is 34.1 Å². The van der Waals surface area contributed by atoms with Gasteiger partial charge in [0.15, 0.2) is 0 Å². The molecule has 0 aliphatic heterocycles. The molecule has 0 heterocycles. The summed E-state index contributed by atoms with van der Waals surface area (Å²) >= 11 is 3.13. The van der Waals surface area contributed by atoms with Gasteiger partial charge >= 0.3 is 0 Å². The van der Waals surface area contributed by atoms with E-state index in [4.69, 9.17) is 6.42 Å². The van der Waals surface area contributed by atoms with Crippen molar-refractivity contribution in [2.24, 2.45) is 0 Å². The fourth-order valence-corrected chi connectivity index (χ4v) is 1.60. The molecule has 78 valence electrons. The maximum atomic E-state index is 12.8. The summed E-state index contributed by atoms with van der Waals surface area (Å²) in [6.45, 7) is 0.225. The fourth-order valence-electron chi connectivity index (χ4n) is 1.08. The molecular weight excluding hydrogens is 261 g/mol. The summed E-state index contributed by atoms with van der Waals surface area (Å²) < 4.78 is 13.2. The Morgan fingerprint density at radius 2 is 2.33 bits per heavy atom. The van der Waals surface area contributed by atoms with Crippen LogP contribution in [-0.2, 0) is 0 Å². The predicted octanol–water partition coefficient (Wildman–Crippen LogP) is 2.29. The topological polar surface area (TPSA) is 20.3 Å². The Labute approximate surface area is 96.2 Å². The maximum absolute atomic E-state index is 12.8. The van der Waals surface area contributed by atoms with Crippen LogP contribution in [0.3, 0.4) is 0 Å². The molecule has 0 fully saturated rings. The molecule has 0 aromatic heterocycles. The zero-order valence-electron chi connectivity index (χ0n) is 8.13. The van der Waals surface area contributed by atoms with Crippen molar-refractivity contribution in [2.75, 3.05) is 13.6 Å². The molecule has 0 N–H and O–H groups in total. The highest BCUT2D eigenvalue weighted by Crippen LogP contribution is 2.19. The van der Waals surface area contributed by atoms with Gasteiger partial charge in [-0.15, -0.1) is 6.42 Å². The number of hydrogen-bond donors (Lipinski definition) is 0. The van der Waals surface area contributed by atoms with E-state index in [1.165, 1.54) is 23.1 Å². The Morgan fingerprint density at radius 3 is 2.87 bits per heavy atom. The van der Waals surface area contributed by atoms with E-state index in [-0.39, 0.29) is 12.5 Å². The van der Waals surface area contributed by atoms with Crippen LogP contribution in [0.1, 0.15) is 10.4 Å². The lowest BCUT2D eigenvalue weighted by Gasteiger charge is -2.14. The van der Waals surface area contributed by atoms with Crippen LogP contribution < -0.4 is 0 Å². The summed E-state index contributed by atoms with van der Waals surface area (Å²) in [4.78, 5) is 13.1. The van der Waals surface area contributed by atoms with Gasteiger partial charge in [0.1, 0.15) is 5.82 Å². The third-order valence-electron chi connectivity index (χ3n) is 1.84. The quantitative estimate of drug-likeness (QED) is 0.755. The van der Waals surface area contributed by atoms with Crippen LogP contribution in [0.15, 0.2) is 22.7 Å². The Morgan fingerprint density at radius 1 is 1.67 bits per heavy atom. The standard InChI is InChI=1S/C11H9BrFNO/c1-3-6-14(2)11(15)9-5-4-8(13)7-10(9)12/h1,4-5,7H,6H2,2H3. The first-order valence-electron chi connectivity index (χ1n) is 4.20. The summed E-state index contributed by atoms with van der Waals surface area (Å²) in [5.74, 6) is 1.74. The molecule has 1 rings (SSSR count). The minimum atomic E-state index is -0.391. The average Bonchev–Trinajstić information content (AvgIpc) is 2.17. The summed E-state index contributed by atoms with van der Waals surface area (Å²) in [6.07, 6.45) is 5.09. The highest BCUT2D eigenvalue weighted by Gasteiger charge is 2.14. The number of nitrogens with zero attached hydrogens (tertiary/aromatic N) is 1. The van der Waals surface area contributed by atoms with Gasteiger partial charge in [-0.1, -0.05) is 5.92 Å². The number of halogens is 2. The van der Waals surface area contributed by atoms with Crippen LogP contribution in [0.2, 0.25) is 0 Å². The number of carbonyl (C=O) groups is 1. The van der Waals surface area contributed by atoms with Crippen molar-refractivity contribution in [3.05, 3.63) is 34.1 Å². The molecule has 4 heteroatoms. The van der Waals surface area contributed by atoms with Gasteiger partial charge in [-0.25, -0.2) is 4.39 Å². The molecular formula is C11H9BrFNO. The molecule has 0 unspecified atom stereocenters. The van der Waals surface area contributed by atoms with E-state index >= 15 is 0 Å². The van der Waals surface area contributed by atoms with Crippen molar-refractivity contribution in [3.63, 3.8) is 0 Å². The van der Waals surface area contributed by atoms with Crippen molar-refractivity contribution in [1.82, 2.24) is 4.90 Å². The Kier molecular flexibility index (Phi) is 3.87. The van der Waals surface area contributed by atoms with Crippen molar-refractivity contribution < 1.29 is 9.18 Å². The molecule has 0 bridgehead atoms. The second-order valence-electron chi connectivity index (χ2n) is 2.99. The van der Waals surface area contributed by atoms with Crippen LogP contribution in [0.4, 0.5) is 4.39 Å². The van der Waals surface area contributed by atoms with Crippen LogP contribution in [0, 0.1) is 18.2 Å². The molecule has 0 spiro atoms. The zero-order chi connectivity index (χ0) is 11.4.